The Morgan fingerprint density at radius 3 is 3.00 bits per heavy atom. The molecular formula is C15H14ClN5OS. The van der Waals surface area contributed by atoms with Crippen molar-refractivity contribution >= 4 is 40.9 Å². The van der Waals surface area contributed by atoms with E-state index in [-0.39, 0.29) is 0 Å². The van der Waals surface area contributed by atoms with Crippen LogP contribution in [0.15, 0.2) is 29.4 Å². The molecular weight excluding hydrogens is 334 g/mol. The zero-order valence-corrected chi connectivity index (χ0v) is 14.1. The fraction of sp³-hybridized carbons (Fsp3) is 0.200. The van der Waals surface area contributed by atoms with Gasteiger partial charge >= 0.3 is 0 Å². The maximum absolute atomic E-state index is 6.24. The van der Waals surface area contributed by atoms with Crippen LogP contribution in [0.4, 0.5) is 0 Å². The van der Waals surface area contributed by atoms with Gasteiger partial charge in [-0.3, -0.25) is 5.10 Å². The summed E-state index contributed by atoms with van der Waals surface area (Å²) in [7, 11) is 1.62. The number of aromatic amines is 1. The number of rotatable bonds is 4. The Morgan fingerprint density at radius 2 is 2.26 bits per heavy atom. The molecule has 0 radical (unpaired) electrons. The van der Waals surface area contributed by atoms with Crippen molar-refractivity contribution in [1.29, 1.82) is 0 Å². The summed E-state index contributed by atoms with van der Waals surface area (Å²) < 4.78 is 7.24. The molecule has 2 heterocycles. The number of nitrogens with zero attached hydrogens (tertiary/aromatic N) is 4. The van der Waals surface area contributed by atoms with E-state index in [1.54, 1.807) is 18.0 Å². The molecule has 0 aliphatic rings. The molecule has 1 aromatic carbocycles. The number of ether oxygens (including phenoxy) is 1. The minimum absolute atomic E-state index is 0.375. The molecule has 1 N–H and O–H groups in total. The molecule has 3 rings (SSSR count). The van der Waals surface area contributed by atoms with Crippen molar-refractivity contribution < 1.29 is 4.74 Å². The lowest BCUT2D eigenvalue weighted by atomic mass is 10.1. The molecule has 23 heavy (non-hydrogen) atoms. The molecule has 0 bridgehead atoms. The molecule has 0 saturated carbocycles. The number of nitrogens with one attached hydrogen (secondary N) is 1. The molecule has 0 aliphatic carbocycles. The van der Waals surface area contributed by atoms with Crippen molar-refractivity contribution in [3.63, 3.8) is 0 Å². The van der Waals surface area contributed by atoms with Crippen LogP contribution in [0.3, 0.4) is 0 Å². The lowest BCUT2D eigenvalue weighted by Crippen LogP contribution is -1.98. The fourth-order valence-electron chi connectivity index (χ4n) is 2.16. The highest BCUT2D eigenvalue weighted by Gasteiger charge is 2.06. The van der Waals surface area contributed by atoms with E-state index >= 15 is 0 Å². The second-order valence-corrected chi connectivity index (χ2v) is 5.53. The zero-order valence-electron chi connectivity index (χ0n) is 12.6. The standard InChI is InChI=1S/C15H14ClN5OS/c1-3-13-19-20-15(23)21(13)17-8-10-6-9-7-11(22-2)4-5-12(9)18-14(10)16/h4-8H,3H2,1-2H3,(H,20,23)/b17-8-. The van der Waals surface area contributed by atoms with Gasteiger partial charge in [-0.25, -0.2) is 4.98 Å². The number of aryl methyl sites for hydroxylation is 1. The number of methoxy groups -OCH3 is 1. The van der Waals surface area contributed by atoms with Gasteiger partial charge in [0.1, 0.15) is 10.9 Å². The van der Waals surface area contributed by atoms with Crippen LogP contribution < -0.4 is 4.74 Å². The largest absolute Gasteiger partial charge is 0.497 e. The Morgan fingerprint density at radius 1 is 1.43 bits per heavy atom. The third-order valence-electron chi connectivity index (χ3n) is 3.35. The molecule has 0 amide bonds. The lowest BCUT2D eigenvalue weighted by molar-refractivity contribution is 0.415. The molecule has 118 valence electrons. The van der Waals surface area contributed by atoms with Crippen LogP contribution in [0.1, 0.15) is 18.3 Å². The summed E-state index contributed by atoms with van der Waals surface area (Å²) in [5.74, 6) is 1.51. The quantitative estimate of drug-likeness (QED) is 0.445. The molecule has 0 spiro atoms. The summed E-state index contributed by atoms with van der Waals surface area (Å²) in [5.41, 5.74) is 1.49. The summed E-state index contributed by atoms with van der Waals surface area (Å²) in [4.78, 5) is 4.38. The van der Waals surface area contributed by atoms with Crippen LogP contribution in [0, 0.1) is 4.77 Å². The van der Waals surface area contributed by atoms with Crippen molar-refractivity contribution in [2.24, 2.45) is 5.10 Å². The predicted octanol–water partition coefficient (Wildman–Crippen LogP) is 3.60. The Kier molecular flexibility index (Phi) is 4.40. The molecule has 0 aliphatic heterocycles. The second-order valence-electron chi connectivity index (χ2n) is 4.78. The van der Waals surface area contributed by atoms with Gasteiger partial charge in [-0.15, -0.1) is 0 Å². The smallest absolute Gasteiger partial charge is 0.216 e. The topological polar surface area (TPSA) is 68.1 Å². The van der Waals surface area contributed by atoms with Crippen LogP contribution >= 0.6 is 23.8 Å². The number of benzene rings is 1. The highest BCUT2D eigenvalue weighted by molar-refractivity contribution is 7.71. The zero-order chi connectivity index (χ0) is 16.4. The molecule has 0 saturated heterocycles. The number of hydrogen-bond donors (Lipinski definition) is 1. The van der Waals surface area contributed by atoms with Crippen LogP contribution in [-0.4, -0.2) is 33.2 Å². The molecule has 0 atom stereocenters. The molecule has 8 heteroatoms. The Balaban J connectivity index is 2.05. The van der Waals surface area contributed by atoms with Crippen molar-refractivity contribution in [3.05, 3.63) is 45.6 Å². The van der Waals surface area contributed by atoms with E-state index in [1.165, 1.54) is 0 Å². The number of hydrogen-bond acceptors (Lipinski definition) is 5. The second kappa shape index (κ2) is 6.47. The lowest BCUT2D eigenvalue weighted by Gasteiger charge is -2.04. The first-order chi connectivity index (χ1) is 11.1. The number of halogens is 1. The van der Waals surface area contributed by atoms with Crippen molar-refractivity contribution in [3.8, 4) is 5.75 Å². The molecule has 3 aromatic rings. The minimum atomic E-state index is 0.375. The van der Waals surface area contributed by atoms with E-state index in [1.807, 2.05) is 31.2 Å². The van der Waals surface area contributed by atoms with E-state index in [4.69, 9.17) is 28.6 Å². The van der Waals surface area contributed by atoms with Gasteiger partial charge in [-0.1, -0.05) is 18.5 Å². The van der Waals surface area contributed by atoms with E-state index < -0.39 is 0 Å². The fourth-order valence-corrected chi connectivity index (χ4v) is 2.55. The summed E-state index contributed by atoms with van der Waals surface area (Å²) in [5, 5.41) is 12.5. The molecule has 0 fully saturated rings. The minimum Gasteiger partial charge on any atom is -0.497 e. The Labute approximate surface area is 142 Å². The molecule has 2 aromatic heterocycles. The van der Waals surface area contributed by atoms with Gasteiger partial charge in [-0.2, -0.15) is 14.9 Å². The van der Waals surface area contributed by atoms with Gasteiger partial charge in [-0.05, 0) is 36.5 Å². The average Bonchev–Trinajstić information content (AvgIpc) is 2.92. The Hall–Kier alpha value is -2.25. The van der Waals surface area contributed by atoms with Crippen LogP contribution in [0.25, 0.3) is 10.9 Å². The van der Waals surface area contributed by atoms with Gasteiger partial charge in [0.05, 0.1) is 18.8 Å². The van der Waals surface area contributed by atoms with Gasteiger partial charge in [0.2, 0.25) is 4.77 Å². The summed E-state index contributed by atoms with van der Waals surface area (Å²) in [6.45, 7) is 1.98. The van der Waals surface area contributed by atoms with E-state index in [0.29, 0.717) is 21.9 Å². The van der Waals surface area contributed by atoms with E-state index in [0.717, 1.165) is 22.5 Å². The predicted molar refractivity (Wildman–Crippen MR) is 93.1 cm³/mol. The SMILES string of the molecule is CCc1n[nH]c(=S)n1/N=C\c1cc2cc(OC)ccc2nc1Cl. The first kappa shape index (κ1) is 15.6. The van der Waals surface area contributed by atoms with Crippen molar-refractivity contribution in [1.82, 2.24) is 19.9 Å². The first-order valence-electron chi connectivity index (χ1n) is 6.97. The normalized spacial score (nSPS) is 11.4. The Bertz CT molecular complexity index is 947. The molecule has 6 nitrogen and oxygen atoms in total. The third kappa shape index (κ3) is 3.11. The van der Waals surface area contributed by atoms with Gasteiger partial charge < -0.3 is 4.74 Å². The number of aromatic nitrogens is 4. The third-order valence-corrected chi connectivity index (χ3v) is 3.92. The first-order valence-corrected chi connectivity index (χ1v) is 7.76. The van der Waals surface area contributed by atoms with Gasteiger partial charge in [0.25, 0.3) is 0 Å². The van der Waals surface area contributed by atoms with Gasteiger partial charge in [0.15, 0.2) is 5.82 Å². The summed E-state index contributed by atoms with van der Waals surface area (Å²) >= 11 is 11.4. The maximum Gasteiger partial charge on any atom is 0.216 e. The highest BCUT2D eigenvalue weighted by atomic mass is 35.5. The highest BCUT2D eigenvalue weighted by Crippen LogP contribution is 2.23. The van der Waals surface area contributed by atoms with Gasteiger partial charge in [0, 0.05) is 17.4 Å². The van der Waals surface area contributed by atoms with Crippen LogP contribution in [-0.2, 0) is 6.42 Å². The number of fused-ring (bicyclic) bond motifs is 1. The van der Waals surface area contributed by atoms with Crippen LogP contribution in [0.5, 0.6) is 5.75 Å². The molecule has 0 unspecified atom stereocenters. The average molecular weight is 348 g/mol. The monoisotopic (exact) mass is 347 g/mol. The summed E-state index contributed by atoms with van der Waals surface area (Å²) in [6.07, 6.45) is 2.34. The van der Waals surface area contributed by atoms with Crippen molar-refractivity contribution in [2.75, 3.05) is 7.11 Å². The van der Waals surface area contributed by atoms with E-state index in [2.05, 4.69) is 20.3 Å². The van der Waals surface area contributed by atoms with Crippen molar-refractivity contribution in [2.45, 2.75) is 13.3 Å². The van der Waals surface area contributed by atoms with E-state index in [9.17, 15) is 0 Å². The number of pyridine rings is 1. The summed E-state index contributed by atoms with van der Waals surface area (Å²) in [6, 6.07) is 7.52. The van der Waals surface area contributed by atoms with Crippen LogP contribution in [0.2, 0.25) is 5.15 Å². The number of H-pyrrole nitrogens is 1. The maximum atomic E-state index is 6.24.